The van der Waals surface area contributed by atoms with Crippen molar-refractivity contribution >= 4 is 11.6 Å². The first-order chi connectivity index (χ1) is 11.1. The third-order valence-electron chi connectivity index (χ3n) is 4.27. The Labute approximate surface area is 133 Å². The molecule has 1 aliphatic carbocycles. The summed E-state index contributed by atoms with van der Waals surface area (Å²) >= 11 is 0. The maximum absolute atomic E-state index is 12.1. The van der Waals surface area contributed by atoms with Gasteiger partial charge in [0.2, 0.25) is 0 Å². The molecule has 0 bridgehead atoms. The van der Waals surface area contributed by atoms with E-state index in [2.05, 4.69) is 10.5 Å². The minimum absolute atomic E-state index is 0.254. The molecule has 1 aliphatic heterocycles. The molecule has 6 heteroatoms. The fourth-order valence-corrected chi connectivity index (χ4v) is 3.13. The summed E-state index contributed by atoms with van der Waals surface area (Å²) in [6, 6.07) is 7.03. The molecule has 1 aromatic heterocycles. The van der Waals surface area contributed by atoms with Gasteiger partial charge in [-0.2, -0.15) is 0 Å². The number of fused-ring (bicyclic) bond motifs is 1. The third kappa shape index (κ3) is 2.65. The fourth-order valence-electron chi connectivity index (χ4n) is 3.13. The first-order valence-corrected chi connectivity index (χ1v) is 7.90. The molecule has 1 spiro atoms. The molecule has 120 valence electrons. The number of carbonyl (C=O) groups is 1. The van der Waals surface area contributed by atoms with Crippen molar-refractivity contribution in [2.45, 2.75) is 44.8 Å². The Morgan fingerprint density at radius 1 is 1.13 bits per heavy atom. The van der Waals surface area contributed by atoms with E-state index in [4.69, 9.17) is 14.0 Å². The summed E-state index contributed by atoms with van der Waals surface area (Å²) in [6.45, 7) is 1.74. The first kappa shape index (κ1) is 14.1. The van der Waals surface area contributed by atoms with Gasteiger partial charge < -0.3 is 19.3 Å². The molecule has 1 aromatic carbocycles. The van der Waals surface area contributed by atoms with E-state index in [9.17, 15) is 4.79 Å². The number of aromatic nitrogens is 1. The van der Waals surface area contributed by atoms with Crippen LogP contribution in [0.25, 0.3) is 0 Å². The fraction of sp³-hybridized carbons (Fsp3) is 0.412. The number of nitrogens with zero attached hydrogens (tertiary/aromatic N) is 1. The van der Waals surface area contributed by atoms with Crippen molar-refractivity contribution in [1.29, 1.82) is 0 Å². The van der Waals surface area contributed by atoms with Gasteiger partial charge in [0.05, 0.1) is 0 Å². The lowest BCUT2D eigenvalue weighted by Crippen LogP contribution is -2.40. The number of aryl methyl sites for hydroxylation is 1. The zero-order valence-electron chi connectivity index (χ0n) is 12.9. The average molecular weight is 314 g/mol. The molecule has 6 nitrogen and oxygen atoms in total. The molecule has 1 fully saturated rings. The molecule has 23 heavy (non-hydrogen) atoms. The van der Waals surface area contributed by atoms with Crippen LogP contribution >= 0.6 is 0 Å². The SMILES string of the molecule is Cc1cc(C(=O)Nc2ccc3c(c2)OC2(CCCCC2)O3)no1. The van der Waals surface area contributed by atoms with Crippen LogP contribution in [0, 0.1) is 6.92 Å². The molecular weight excluding hydrogens is 296 g/mol. The van der Waals surface area contributed by atoms with Gasteiger partial charge in [-0.15, -0.1) is 0 Å². The molecule has 0 atom stereocenters. The van der Waals surface area contributed by atoms with Crippen molar-refractivity contribution in [1.82, 2.24) is 5.16 Å². The normalized spacial score (nSPS) is 18.1. The van der Waals surface area contributed by atoms with Crippen LogP contribution in [0.5, 0.6) is 11.5 Å². The predicted octanol–water partition coefficient (Wildman–Crippen LogP) is 3.67. The molecule has 0 saturated heterocycles. The Morgan fingerprint density at radius 3 is 2.65 bits per heavy atom. The van der Waals surface area contributed by atoms with Crippen molar-refractivity contribution in [2.75, 3.05) is 5.32 Å². The number of carbonyl (C=O) groups excluding carboxylic acids is 1. The Hall–Kier alpha value is -2.50. The van der Waals surface area contributed by atoms with E-state index in [0.717, 1.165) is 31.4 Å². The molecule has 2 aliphatic rings. The highest BCUT2D eigenvalue weighted by molar-refractivity contribution is 6.02. The van der Waals surface area contributed by atoms with Gasteiger partial charge in [0, 0.05) is 30.7 Å². The Bertz CT molecular complexity index is 747. The minimum Gasteiger partial charge on any atom is -0.448 e. The zero-order valence-corrected chi connectivity index (χ0v) is 12.9. The lowest BCUT2D eigenvalue weighted by atomic mass is 9.94. The van der Waals surface area contributed by atoms with E-state index in [0.29, 0.717) is 17.2 Å². The molecule has 1 amide bonds. The zero-order chi connectivity index (χ0) is 15.9. The summed E-state index contributed by atoms with van der Waals surface area (Å²) in [6.07, 6.45) is 5.26. The third-order valence-corrected chi connectivity index (χ3v) is 4.27. The first-order valence-electron chi connectivity index (χ1n) is 7.90. The number of rotatable bonds is 2. The van der Waals surface area contributed by atoms with Crippen LogP contribution in [0.4, 0.5) is 5.69 Å². The van der Waals surface area contributed by atoms with Crippen LogP contribution in [0.2, 0.25) is 0 Å². The summed E-state index contributed by atoms with van der Waals surface area (Å²) in [5.74, 6) is 1.20. The van der Waals surface area contributed by atoms with Crippen LogP contribution in [0.3, 0.4) is 0 Å². The van der Waals surface area contributed by atoms with Crippen molar-refractivity contribution in [3.63, 3.8) is 0 Å². The van der Waals surface area contributed by atoms with E-state index in [1.807, 2.05) is 6.07 Å². The standard InChI is InChI=1S/C17H18N2O4/c1-11-9-13(19-23-11)16(20)18-12-5-6-14-15(10-12)22-17(21-14)7-3-2-4-8-17/h5-6,9-10H,2-4,7-8H2,1H3,(H,18,20). The topological polar surface area (TPSA) is 73.6 Å². The predicted molar refractivity (Wildman–Crippen MR) is 82.7 cm³/mol. The number of hydrogen-bond acceptors (Lipinski definition) is 5. The van der Waals surface area contributed by atoms with E-state index in [1.54, 1.807) is 25.1 Å². The minimum atomic E-state index is -0.507. The molecule has 1 saturated carbocycles. The van der Waals surface area contributed by atoms with Crippen LogP contribution in [0.15, 0.2) is 28.8 Å². The van der Waals surface area contributed by atoms with Crippen LogP contribution in [0.1, 0.15) is 48.4 Å². The molecule has 1 N–H and O–H groups in total. The summed E-state index contributed by atoms with van der Waals surface area (Å²) in [4.78, 5) is 12.1. The van der Waals surface area contributed by atoms with E-state index >= 15 is 0 Å². The van der Waals surface area contributed by atoms with Gasteiger partial charge >= 0.3 is 0 Å². The van der Waals surface area contributed by atoms with Crippen molar-refractivity contribution in [2.24, 2.45) is 0 Å². The molecule has 0 radical (unpaired) electrons. The van der Waals surface area contributed by atoms with Gasteiger partial charge in [-0.3, -0.25) is 4.79 Å². The Morgan fingerprint density at radius 2 is 1.91 bits per heavy atom. The van der Waals surface area contributed by atoms with Crippen molar-refractivity contribution < 1.29 is 18.8 Å². The molecule has 0 unspecified atom stereocenters. The highest BCUT2D eigenvalue weighted by Crippen LogP contribution is 2.46. The van der Waals surface area contributed by atoms with Gasteiger partial charge in [-0.1, -0.05) is 11.6 Å². The number of hydrogen-bond donors (Lipinski definition) is 1. The number of amides is 1. The number of nitrogens with one attached hydrogen (secondary N) is 1. The summed E-state index contributed by atoms with van der Waals surface area (Å²) in [5.41, 5.74) is 0.898. The Balaban J connectivity index is 1.51. The average Bonchev–Trinajstić information content (AvgIpc) is 3.11. The number of anilines is 1. The maximum atomic E-state index is 12.1. The van der Waals surface area contributed by atoms with Crippen LogP contribution in [-0.2, 0) is 0 Å². The van der Waals surface area contributed by atoms with E-state index in [1.165, 1.54) is 6.42 Å². The number of benzene rings is 1. The van der Waals surface area contributed by atoms with E-state index < -0.39 is 5.79 Å². The second-order valence-corrected chi connectivity index (χ2v) is 6.11. The summed E-state index contributed by atoms with van der Waals surface area (Å²) in [7, 11) is 0. The molecule has 2 aromatic rings. The van der Waals surface area contributed by atoms with Gasteiger partial charge in [0.15, 0.2) is 17.2 Å². The van der Waals surface area contributed by atoms with Crippen molar-refractivity contribution in [3.05, 3.63) is 35.7 Å². The van der Waals surface area contributed by atoms with Gasteiger partial charge in [0.25, 0.3) is 11.7 Å². The maximum Gasteiger partial charge on any atom is 0.277 e. The second-order valence-electron chi connectivity index (χ2n) is 6.11. The second kappa shape index (κ2) is 5.30. The highest BCUT2D eigenvalue weighted by Gasteiger charge is 2.42. The molecule has 2 heterocycles. The Kier molecular flexibility index (Phi) is 3.25. The monoisotopic (exact) mass is 314 g/mol. The lowest BCUT2D eigenvalue weighted by molar-refractivity contribution is -0.105. The van der Waals surface area contributed by atoms with Crippen LogP contribution < -0.4 is 14.8 Å². The molecule has 4 rings (SSSR count). The van der Waals surface area contributed by atoms with Gasteiger partial charge in [-0.05, 0) is 31.9 Å². The smallest absolute Gasteiger partial charge is 0.277 e. The van der Waals surface area contributed by atoms with Crippen molar-refractivity contribution in [3.8, 4) is 11.5 Å². The van der Waals surface area contributed by atoms with E-state index in [-0.39, 0.29) is 11.6 Å². The summed E-state index contributed by atoms with van der Waals surface area (Å²) in [5, 5.41) is 6.51. The highest BCUT2D eigenvalue weighted by atomic mass is 16.7. The largest absolute Gasteiger partial charge is 0.448 e. The summed E-state index contributed by atoms with van der Waals surface area (Å²) < 4.78 is 17.0. The molecular formula is C17H18N2O4. The number of ether oxygens (including phenoxy) is 2. The quantitative estimate of drug-likeness (QED) is 0.915. The van der Waals surface area contributed by atoms with Crippen LogP contribution in [-0.4, -0.2) is 16.9 Å². The van der Waals surface area contributed by atoms with Gasteiger partial charge in [0.1, 0.15) is 5.76 Å². The lowest BCUT2D eigenvalue weighted by Gasteiger charge is -2.31. The van der Waals surface area contributed by atoms with Gasteiger partial charge in [-0.25, -0.2) is 0 Å².